The van der Waals surface area contributed by atoms with Crippen molar-refractivity contribution in [3.63, 3.8) is 0 Å². The molecule has 0 aliphatic rings. The van der Waals surface area contributed by atoms with Crippen LogP contribution in [0, 0.1) is 15.9 Å². The third-order valence-electron chi connectivity index (χ3n) is 2.42. The minimum Gasteiger partial charge on any atom is -0.420 e. The average Bonchev–Trinajstić information content (AvgIpc) is 2.41. The molecule has 20 heavy (non-hydrogen) atoms. The fraction of sp³-hybridized carbons (Fsp3) is 0. The molecule has 5 nitrogen and oxygen atoms in total. The number of carbonyl (C=O) groups is 1. The van der Waals surface area contributed by atoms with Crippen molar-refractivity contribution in [2.75, 3.05) is 0 Å². The third kappa shape index (κ3) is 2.92. The molecule has 0 N–H and O–H groups in total. The smallest absolute Gasteiger partial charge is 0.350 e. The number of hydrogen-bond donors (Lipinski definition) is 0. The van der Waals surface area contributed by atoms with E-state index in [0.717, 1.165) is 18.2 Å². The van der Waals surface area contributed by atoms with Crippen LogP contribution in [0.25, 0.3) is 0 Å². The summed E-state index contributed by atoms with van der Waals surface area (Å²) in [6, 6.07) is 8.75. The molecule has 0 fully saturated rings. The second-order valence-electron chi connectivity index (χ2n) is 3.74. The summed E-state index contributed by atoms with van der Waals surface area (Å²) in [5.74, 6) is -2.07. The first-order valence-electron chi connectivity index (χ1n) is 5.39. The molecule has 0 unspecified atom stereocenters. The van der Waals surface area contributed by atoms with E-state index in [1.165, 1.54) is 24.3 Å². The van der Waals surface area contributed by atoms with E-state index in [9.17, 15) is 19.3 Å². The van der Waals surface area contributed by atoms with Crippen LogP contribution in [-0.2, 0) is 0 Å². The number of esters is 1. The van der Waals surface area contributed by atoms with Gasteiger partial charge in [0, 0.05) is 11.1 Å². The van der Waals surface area contributed by atoms with E-state index in [4.69, 9.17) is 16.3 Å². The van der Waals surface area contributed by atoms with Gasteiger partial charge >= 0.3 is 5.97 Å². The molecule has 0 radical (unpaired) electrons. The van der Waals surface area contributed by atoms with Gasteiger partial charge < -0.3 is 4.74 Å². The van der Waals surface area contributed by atoms with Gasteiger partial charge in [-0.2, -0.15) is 0 Å². The first-order chi connectivity index (χ1) is 9.49. The molecule has 0 heterocycles. The normalized spacial score (nSPS) is 10.1. The van der Waals surface area contributed by atoms with Crippen LogP contribution in [0.3, 0.4) is 0 Å². The summed E-state index contributed by atoms with van der Waals surface area (Å²) in [6.07, 6.45) is 0. The van der Waals surface area contributed by atoms with Crippen molar-refractivity contribution < 1.29 is 18.8 Å². The number of ether oxygens (including phenoxy) is 1. The first-order valence-corrected chi connectivity index (χ1v) is 5.77. The molecule has 0 amide bonds. The Labute approximate surface area is 117 Å². The van der Waals surface area contributed by atoms with E-state index >= 15 is 0 Å². The number of nitrogens with zero attached hydrogens (tertiary/aromatic N) is 1. The Balaban J connectivity index is 2.35. The maximum absolute atomic E-state index is 13.4. The number of benzene rings is 2. The SMILES string of the molecule is O=C(Oc1ccccc1F)c1ccc(Cl)cc1[N+](=O)[O-]. The van der Waals surface area contributed by atoms with Crippen LogP contribution in [0.5, 0.6) is 5.75 Å². The Morgan fingerprint density at radius 3 is 2.60 bits per heavy atom. The molecule has 0 atom stereocenters. The van der Waals surface area contributed by atoms with E-state index < -0.39 is 22.4 Å². The van der Waals surface area contributed by atoms with Crippen LogP contribution in [0.4, 0.5) is 10.1 Å². The zero-order valence-corrected chi connectivity index (χ0v) is 10.6. The molecule has 2 aromatic carbocycles. The van der Waals surface area contributed by atoms with Crippen LogP contribution in [0.15, 0.2) is 42.5 Å². The molecule has 0 aliphatic carbocycles. The van der Waals surface area contributed by atoms with Gasteiger partial charge in [-0.25, -0.2) is 9.18 Å². The van der Waals surface area contributed by atoms with Crippen LogP contribution in [0.1, 0.15) is 10.4 Å². The standard InChI is InChI=1S/C13H7ClFNO4/c14-8-5-6-9(11(7-8)16(18)19)13(17)20-12-4-2-1-3-10(12)15/h1-7H. The third-order valence-corrected chi connectivity index (χ3v) is 2.65. The molecule has 102 valence electrons. The van der Waals surface area contributed by atoms with Gasteiger partial charge in [0.1, 0.15) is 5.56 Å². The van der Waals surface area contributed by atoms with Crippen LogP contribution in [0.2, 0.25) is 5.02 Å². The van der Waals surface area contributed by atoms with Gasteiger partial charge in [-0.05, 0) is 24.3 Å². The number of nitro benzene ring substituents is 1. The van der Waals surface area contributed by atoms with Crippen LogP contribution in [-0.4, -0.2) is 10.9 Å². The second kappa shape index (κ2) is 5.66. The summed E-state index contributed by atoms with van der Waals surface area (Å²) in [7, 11) is 0. The van der Waals surface area contributed by atoms with Crippen molar-refractivity contribution in [2.24, 2.45) is 0 Å². The number of halogens is 2. The highest BCUT2D eigenvalue weighted by atomic mass is 35.5. The van der Waals surface area contributed by atoms with Crippen LogP contribution < -0.4 is 4.74 Å². The van der Waals surface area contributed by atoms with Crippen molar-refractivity contribution in [3.8, 4) is 5.75 Å². The molecule has 0 spiro atoms. The zero-order chi connectivity index (χ0) is 14.7. The monoisotopic (exact) mass is 295 g/mol. The van der Waals surface area contributed by atoms with Gasteiger partial charge in [0.2, 0.25) is 0 Å². The summed E-state index contributed by atoms with van der Waals surface area (Å²) < 4.78 is 18.2. The minimum absolute atomic E-state index is 0.110. The van der Waals surface area contributed by atoms with Crippen LogP contribution >= 0.6 is 11.6 Å². The van der Waals surface area contributed by atoms with Crippen molar-refractivity contribution in [3.05, 3.63) is 69.0 Å². The molecule has 2 aromatic rings. The quantitative estimate of drug-likeness (QED) is 0.375. The molecular formula is C13H7ClFNO4. The number of para-hydroxylation sites is 1. The van der Waals surface area contributed by atoms with E-state index in [1.807, 2.05) is 0 Å². The van der Waals surface area contributed by atoms with Gasteiger partial charge in [-0.1, -0.05) is 23.7 Å². The molecule has 7 heteroatoms. The number of nitro groups is 1. The van der Waals surface area contributed by atoms with E-state index in [-0.39, 0.29) is 16.3 Å². The highest BCUT2D eigenvalue weighted by Gasteiger charge is 2.23. The lowest BCUT2D eigenvalue weighted by molar-refractivity contribution is -0.385. The molecule has 2 rings (SSSR count). The largest absolute Gasteiger partial charge is 0.420 e. The molecule has 0 bridgehead atoms. The van der Waals surface area contributed by atoms with Gasteiger partial charge in [-0.15, -0.1) is 0 Å². The highest BCUT2D eigenvalue weighted by molar-refractivity contribution is 6.31. The second-order valence-corrected chi connectivity index (χ2v) is 4.17. The van der Waals surface area contributed by atoms with Gasteiger partial charge in [0.05, 0.1) is 4.92 Å². The Kier molecular flexibility index (Phi) is 3.95. The Morgan fingerprint density at radius 2 is 1.95 bits per heavy atom. The topological polar surface area (TPSA) is 69.4 Å². The predicted molar refractivity (Wildman–Crippen MR) is 69.5 cm³/mol. The van der Waals surface area contributed by atoms with Crippen molar-refractivity contribution in [1.82, 2.24) is 0 Å². The Morgan fingerprint density at radius 1 is 1.25 bits per heavy atom. The maximum Gasteiger partial charge on any atom is 0.350 e. The highest BCUT2D eigenvalue weighted by Crippen LogP contribution is 2.25. The van der Waals surface area contributed by atoms with E-state index in [2.05, 4.69) is 0 Å². The predicted octanol–water partition coefficient (Wildman–Crippen LogP) is 3.61. The van der Waals surface area contributed by atoms with Crippen molar-refractivity contribution in [2.45, 2.75) is 0 Å². The number of carbonyl (C=O) groups excluding carboxylic acids is 1. The zero-order valence-electron chi connectivity index (χ0n) is 9.88. The summed E-state index contributed by atoms with van der Waals surface area (Å²) in [4.78, 5) is 22.0. The van der Waals surface area contributed by atoms with Gasteiger partial charge in [0.15, 0.2) is 11.6 Å². The fourth-order valence-corrected chi connectivity index (χ4v) is 1.68. The summed E-state index contributed by atoms with van der Waals surface area (Å²) >= 11 is 5.63. The Bertz CT molecular complexity index is 690. The minimum atomic E-state index is -1.03. The first kappa shape index (κ1) is 14.0. The van der Waals surface area contributed by atoms with Gasteiger partial charge in [0.25, 0.3) is 5.69 Å². The molecule has 0 aromatic heterocycles. The molecule has 0 saturated heterocycles. The fourth-order valence-electron chi connectivity index (χ4n) is 1.51. The molecule has 0 saturated carbocycles. The lowest BCUT2D eigenvalue weighted by atomic mass is 10.2. The summed E-state index contributed by atoms with van der Waals surface area (Å²) in [5.41, 5.74) is -0.804. The van der Waals surface area contributed by atoms with Crippen molar-refractivity contribution >= 4 is 23.3 Å². The summed E-state index contributed by atoms with van der Waals surface area (Å²) in [6.45, 7) is 0. The number of hydrogen-bond acceptors (Lipinski definition) is 4. The average molecular weight is 296 g/mol. The van der Waals surface area contributed by atoms with Gasteiger partial charge in [-0.3, -0.25) is 10.1 Å². The number of rotatable bonds is 3. The Hall–Kier alpha value is -2.47. The lowest BCUT2D eigenvalue weighted by Crippen LogP contribution is -2.11. The van der Waals surface area contributed by atoms with E-state index in [1.54, 1.807) is 0 Å². The maximum atomic E-state index is 13.4. The van der Waals surface area contributed by atoms with E-state index in [0.29, 0.717) is 0 Å². The molecule has 0 aliphatic heterocycles. The summed E-state index contributed by atoms with van der Waals surface area (Å²) in [5, 5.41) is 11.0. The lowest BCUT2D eigenvalue weighted by Gasteiger charge is -2.05. The molecular weight excluding hydrogens is 289 g/mol. The van der Waals surface area contributed by atoms with Crippen molar-refractivity contribution in [1.29, 1.82) is 0 Å².